The number of carbonyl (C=O) groups excluding carboxylic acids is 1. The molecule has 94 valence electrons. The zero-order chi connectivity index (χ0) is 13.1. The molecule has 0 aliphatic rings. The number of pyridine rings is 1. The van der Waals surface area contributed by atoms with E-state index in [-0.39, 0.29) is 18.3 Å². The monoisotopic (exact) mass is 248 g/mol. The lowest BCUT2D eigenvalue weighted by Gasteiger charge is -2.08. The summed E-state index contributed by atoms with van der Waals surface area (Å²) in [5.74, 6) is -0.744. The number of hydrogen-bond acceptors (Lipinski definition) is 5. The maximum atomic E-state index is 11.5. The zero-order valence-corrected chi connectivity index (χ0v) is 10.0. The summed E-state index contributed by atoms with van der Waals surface area (Å²) in [6.45, 7) is -0.143. The molecule has 0 aromatic carbocycles. The van der Waals surface area contributed by atoms with Gasteiger partial charge in [-0.2, -0.15) is 4.68 Å². The first-order valence-corrected chi connectivity index (χ1v) is 5.26. The van der Waals surface area contributed by atoms with Gasteiger partial charge in [-0.3, -0.25) is 9.78 Å². The topological polar surface area (TPSA) is 81.2 Å². The van der Waals surface area contributed by atoms with Crippen molar-refractivity contribution in [3.8, 4) is 11.5 Å². The van der Waals surface area contributed by atoms with Gasteiger partial charge >= 0.3 is 5.76 Å². The Balaban J connectivity index is 2.28. The van der Waals surface area contributed by atoms with Crippen molar-refractivity contribution >= 4 is 5.91 Å². The Bertz CT molecular complexity index is 600. The van der Waals surface area contributed by atoms with E-state index in [0.717, 1.165) is 4.68 Å². The summed E-state index contributed by atoms with van der Waals surface area (Å²) >= 11 is 0. The minimum absolute atomic E-state index is 0.143. The van der Waals surface area contributed by atoms with Crippen molar-refractivity contribution in [2.75, 3.05) is 14.1 Å². The number of aromatic nitrogens is 3. The van der Waals surface area contributed by atoms with Gasteiger partial charge in [0.1, 0.15) is 6.54 Å². The number of likely N-dealkylation sites (N-methyl/N-ethyl adjacent to an activating group) is 1. The Labute approximate surface area is 103 Å². The lowest BCUT2D eigenvalue weighted by molar-refractivity contribution is -0.129. The predicted molar refractivity (Wildman–Crippen MR) is 62.7 cm³/mol. The van der Waals surface area contributed by atoms with E-state index in [2.05, 4.69) is 10.1 Å². The number of rotatable bonds is 3. The molecule has 0 saturated carbocycles. The van der Waals surface area contributed by atoms with Gasteiger partial charge in [0.15, 0.2) is 0 Å². The van der Waals surface area contributed by atoms with E-state index in [1.54, 1.807) is 32.4 Å². The molecular formula is C11H12N4O3. The molecule has 0 aliphatic carbocycles. The molecule has 0 spiro atoms. The first-order valence-electron chi connectivity index (χ1n) is 5.26. The SMILES string of the molecule is CN(C)C(=O)Cn1nc(-c2cccnc2)oc1=O. The third-order valence-electron chi connectivity index (χ3n) is 2.30. The Morgan fingerprint density at radius 3 is 2.89 bits per heavy atom. The predicted octanol–water partition coefficient (Wildman–Crippen LogP) is -0.0135. The zero-order valence-electron chi connectivity index (χ0n) is 10.0. The van der Waals surface area contributed by atoms with Crippen LogP contribution in [0.3, 0.4) is 0 Å². The van der Waals surface area contributed by atoms with Crippen LogP contribution < -0.4 is 5.76 Å². The lowest BCUT2D eigenvalue weighted by atomic mass is 10.3. The highest BCUT2D eigenvalue weighted by Gasteiger charge is 2.13. The summed E-state index contributed by atoms with van der Waals surface area (Å²) in [7, 11) is 3.21. The fourth-order valence-electron chi connectivity index (χ4n) is 1.28. The van der Waals surface area contributed by atoms with E-state index in [1.807, 2.05) is 0 Å². The van der Waals surface area contributed by atoms with Gasteiger partial charge in [-0.05, 0) is 12.1 Å². The van der Waals surface area contributed by atoms with Crippen LogP contribution in [0, 0.1) is 0 Å². The van der Waals surface area contributed by atoms with Crippen LogP contribution in [-0.4, -0.2) is 39.7 Å². The molecule has 2 aromatic rings. The second-order valence-electron chi connectivity index (χ2n) is 3.86. The Hall–Kier alpha value is -2.44. The molecule has 0 saturated heterocycles. The van der Waals surface area contributed by atoms with Crippen LogP contribution in [0.1, 0.15) is 0 Å². The Morgan fingerprint density at radius 1 is 1.50 bits per heavy atom. The van der Waals surface area contributed by atoms with Gasteiger partial charge < -0.3 is 9.32 Å². The number of carbonyl (C=O) groups is 1. The first-order chi connectivity index (χ1) is 8.58. The standard InChI is InChI=1S/C11H12N4O3/c1-14(2)9(16)7-15-11(17)18-10(13-15)8-4-3-5-12-6-8/h3-6H,7H2,1-2H3. The molecule has 7 heteroatoms. The van der Waals surface area contributed by atoms with E-state index < -0.39 is 5.76 Å². The van der Waals surface area contributed by atoms with Gasteiger partial charge in [-0.1, -0.05) is 0 Å². The molecule has 2 aromatic heterocycles. The van der Waals surface area contributed by atoms with Crippen molar-refractivity contribution in [3.05, 3.63) is 35.1 Å². The van der Waals surface area contributed by atoms with Crippen molar-refractivity contribution in [2.45, 2.75) is 6.54 Å². The van der Waals surface area contributed by atoms with Crippen LogP contribution in [0.25, 0.3) is 11.5 Å². The van der Waals surface area contributed by atoms with E-state index in [9.17, 15) is 9.59 Å². The Morgan fingerprint density at radius 2 is 2.28 bits per heavy atom. The van der Waals surface area contributed by atoms with Gasteiger partial charge in [-0.15, -0.1) is 5.10 Å². The molecule has 18 heavy (non-hydrogen) atoms. The fraction of sp³-hybridized carbons (Fsp3) is 0.273. The molecule has 0 unspecified atom stereocenters. The average molecular weight is 248 g/mol. The van der Waals surface area contributed by atoms with Gasteiger partial charge in [0.05, 0.1) is 5.56 Å². The van der Waals surface area contributed by atoms with Crippen LogP contribution in [-0.2, 0) is 11.3 Å². The highest BCUT2D eigenvalue weighted by atomic mass is 16.4. The molecule has 0 N–H and O–H groups in total. The van der Waals surface area contributed by atoms with Crippen molar-refractivity contribution in [1.29, 1.82) is 0 Å². The second-order valence-corrected chi connectivity index (χ2v) is 3.86. The van der Waals surface area contributed by atoms with Gasteiger partial charge in [0.25, 0.3) is 5.89 Å². The van der Waals surface area contributed by atoms with Crippen molar-refractivity contribution < 1.29 is 9.21 Å². The van der Waals surface area contributed by atoms with Gasteiger partial charge in [0.2, 0.25) is 5.91 Å². The van der Waals surface area contributed by atoms with Crippen LogP contribution in [0.15, 0.2) is 33.7 Å². The first kappa shape index (κ1) is 12.0. The molecule has 0 atom stereocenters. The van der Waals surface area contributed by atoms with Crippen LogP contribution in [0.2, 0.25) is 0 Å². The summed E-state index contributed by atoms with van der Waals surface area (Å²) in [5, 5.41) is 3.95. The fourth-order valence-corrected chi connectivity index (χ4v) is 1.28. The molecule has 2 heterocycles. The maximum absolute atomic E-state index is 11.5. The van der Waals surface area contributed by atoms with E-state index >= 15 is 0 Å². The average Bonchev–Trinajstić information content (AvgIpc) is 2.72. The smallest absolute Gasteiger partial charge is 0.388 e. The van der Waals surface area contributed by atoms with Crippen molar-refractivity contribution in [2.24, 2.45) is 0 Å². The summed E-state index contributed by atoms with van der Waals surface area (Å²) < 4.78 is 5.96. The summed E-state index contributed by atoms with van der Waals surface area (Å²) in [6.07, 6.45) is 3.14. The molecule has 7 nitrogen and oxygen atoms in total. The summed E-state index contributed by atoms with van der Waals surface area (Å²) in [6, 6.07) is 3.43. The molecule has 0 aliphatic heterocycles. The number of amides is 1. The third kappa shape index (κ3) is 2.45. The maximum Gasteiger partial charge on any atom is 0.437 e. The number of nitrogens with zero attached hydrogens (tertiary/aromatic N) is 4. The highest BCUT2D eigenvalue weighted by Crippen LogP contribution is 2.12. The minimum atomic E-state index is -0.663. The van der Waals surface area contributed by atoms with E-state index in [0.29, 0.717) is 5.56 Å². The summed E-state index contributed by atoms with van der Waals surface area (Å²) in [4.78, 5) is 28.3. The Kier molecular flexibility index (Phi) is 3.22. The molecule has 2 rings (SSSR count). The highest BCUT2D eigenvalue weighted by molar-refractivity contribution is 5.75. The minimum Gasteiger partial charge on any atom is -0.388 e. The quantitative estimate of drug-likeness (QED) is 0.762. The van der Waals surface area contributed by atoms with Crippen LogP contribution >= 0.6 is 0 Å². The molecule has 0 fully saturated rings. The summed E-state index contributed by atoms with van der Waals surface area (Å²) in [5.41, 5.74) is 0.589. The molecule has 0 bridgehead atoms. The van der Waals surface area contributed by atoms with E-state index in [1.165, 1.54) is 11.1 Å². The normalized spacial score (nSPS) is 10.3. The lowest BCUT2D eigenvalue weighted by Crippen LogP contribution is -2.30. The third-order valence-corrected chi connectivity index (χ3v) is 2.30. The van der Waals surface area contributed by atoms with Crippen molar-refractivity contribution in [3.63, 3.8) is 0 Å². The molecular weight excluding hydrogens is 236 g/mol. The van der Waals surface area contributed by atoms with Gasteiger partial charge in [0, 0.05) is 26.5 Å². The van der Waals surface area contributed by atoms with Crippen molar-refractivity contribution in [1.82, 2.24) is 19.7 Å². The molecule has 1 amide bonds. The molecule has 0 radical (unpaired) electrons. The van der Waals surface area contributed by atoms with Crippen LogP contribution in [0.5, 0.6) is 0 Å². The van der Waals surface area contributed by atoms with Gasteiger partial charge in [-0.25, -0.2) is 4.79 Å². The number of hydrogen-bond donors (Lipinski definition) is 0. The van der Waals surface area contributed by atoms with E-state index in [4.69, 9.17) is 4.42 Å². The second kappa shape index (κ2) is 4.82. The van der Waals surface area contributed by atoms with Crippen LogP contribution in [0.4, 0.5) is 0 Å². The largest absolute Gasteiger partial charge is 0.437 e.